The zero-order valence-corrected chi connectivity index (χ0v) is 55.9. The van der Waals surface area contributed by atoms with Gasteiger partial charge in [-0.2, -0.15) is 0 Å². The number of ether oxygens (including phenoxy) is 1. The number of aliphatic imine (C=N–C) groups is 4. The first-order valence-corrected chi connectivity index (χ1v) is 32.7. The first-order chi connectivity index (χ1) is 44.4. The lowest BCUT2D eigenvalue weighted by molar-refractivity contribution is -0.124. The molecule has 10 rings (SSSR count). The fourth-order valence-corrected chi connectivity index (χ4v) is 11.3. The minimum Gasteiger partial charge on any atom is -0.377 e. The van der Waals surface area contributed by atoms with Crippen LogP contribution in [0.2, 0.25) is 0 Å². The molecule has 13 heteroatoms. The second kappa shape index (κ2) is 28.6. The summed E-state index contributed by atoms with van der Waals surface area (Å²) in [5, 5.41) is 13.6. The Hall–Kier alpha value is -9.46. The van der Waals surface area contributed by atoms with Crippen LogP contribution in [0, 0.1) is 21.7 Å². The summed E-state index contributed by atoms with van der Waals surface area (Å²) in [6.45, 7) is 22.2. The van der Waals surface area contributed by atoms with E-state index in [9.17, 15) is 14.4 Å². The van der Waals surface area contributed by atoms with Crippen LogP contribution in [0.25, 0.3) is 39.0 Å². The number of para-hydroxylation sites is 3. The summed E-state index contributed by atoms with van der Waals surface area (Å²) < 4.78 is 5.94. The molecule has 0 saturated heterocycles. The van der Waals surface area contributed by atoms with Crippen molar-refractivity contribution < 1.29 is 23.9 Å². The highest BCUT2D eigenvalue weighted by molar-refractivity contribution is 6.35. The Balaban J connectivity index is 1.18. The molecule has 0 aliphatic carbocycles. The summed E-state index contributed by atoms with van der Waals surface area (Å²) in [5.74, 6) is -0.873. The standard InChI is InChI=1S/C80H88N8O5/c1-77(2,3)73(89)85-64-34-24-21-31-59(64)62-50-63(70-67-43-41-57(83-67)48-55-39-37-53(81-55)47-54-38-40-56(82-54)49-58-42-44-68(70)84-58)72(88-76(92)80(10,11)45-27-16-14-12-13-15-17-28-46-93-51-52-29-19-18-20-30-52)71(61-33-23-26-36-66(61)87-75(91)79(7,8)9)69(62)60-32-22-25-35-65(60)86-74(90)78(4,5)6/h18-26,29-44,47-50H,12-17,27-28,45-46,51H2,1-11H3,(H,85,89)(H,86,90)(H,87,91)(H,88,92). The molecular weight excluding hydrogens is 1150 g/mol. The second-order valence-electron chi connectivity index (χ2n) is 28.2. The highest BCUT2D eigenvalue weighted by Crippen LogP contribution is 2.54. The van der Waals surface area contributed by atoms with E-state index >= 15 is 4.79 Å². The molecule has 5 aromatic rings. The number of hydrogen-bond acceptors (Lipinski definition) is 9. The molecule has 0 unspecified atom stereocenters. The molecule has 4 amide bonds. The van der Waals surface area contributed by atoms with Crippen LogP contribution < -0.4 is 21.3 Å². The van der Waals surface area contributed by atoms with Crippen molar-refractivity contribution in [2.75, 3.05) is 27.9 Å². The van der Waals surface area contributed by atoms with Gasteiger partial charge in [0.05, 0.1) is 57.9 Å². The molecule has 5 aliphatic heterocycles. The van der Waals surface area contributed by atoms with E-state index in [1.54, 1.807) is 0 Å². The zero-order chi connectivity index (χ0) is 66.1. The Bertz CT molecular complexity index is 4130. The molecule has 0 atom stereocenters. The quantitative estimate of drug-likeness (QED) is 0.0504. The monoisotopic (exact) mass is 1240 g/mol. The van der Waals surface area contributed by atoms with E-state index < -0.39 is 21.7 Å². The first-order valence-electron chi connectivity index (χ1n) is 32.7. The molecule has 5 aromatic carbocycles. The van der Waals surface area contributed by atoms with E-state index in [0.29, 0.717) is 115 Å². The van der Waals surface area contributed by atoms with Gasteiger partial charge in [0, 0.05) is 84.3 Å². The van der Waals surface area contributed by atoms with Crippen LogP contribution in [0.1, 0.15) is 145 Å². The largest absolute Gasteiger partial charge is 0.377 e. The second-order valence-corrected chi connectivity index (χ2v) is 28.2. The van der Waals surface area contributed by atoms with Crippen LogP contribution in [0.4, 0.5) is 22.7 Å². The summed E-state index contributed by atoms with van der Waals surface area (Å²) in [7, 11) is 0. The van der Waals surface area contributed by atoms with Gasteiger partial charge < -0.3 is 26.0 Å². The predicted octanol–water partition coefficient (Wildman–Crippen LogP) is 18.8. The molecule has 5 aliphatic rings. The van der Waals surface area contributed by atoms with Crippen molar-refractivity contribution in [3.05, 3.63) is 210 Å². The number of benzene rings is 5. The molecular formula is C80H88N8O5. The Morgan fingerprint density at radius 3 is 1.39 bits per heavy atom. The van der Waals surface area contributed by atoms with Crippen molar-refractivity contribution in [2.24, 2.45) is 41.6 Å². The van der Waals surface area contributed by atoms with Gasteiger partial charge in [0.15, 0.2) is 0 Å². The predicted molar refractivity (Wildman–Crippen MR) is 385 cm³/mol. The minimum atomic E-state index is -0.906. The van der Waals surface area contributed by atoms with E-state index in [4.69, 9.17) is 24.7 Å². The topological polar surface area (TPSA) is 175 Å². The van der Waals surface area contributed by atoms with Crippen LogP contribution in [-0.4, -0.2) is 53.1 Å². The normalized spacial score (nSPS) is 15.1. The minimum absolute atomic E-state index is 0.204. The molecule has 0 saturated carbocycles. The van der Waals surface area contributed by atoms with Gasteiger partial charge in [-0.25, -0.2) is 20.0 Å². The van der Waals surface area contributed by atoms with Gasteiger partial charge in [0.1, 0.15) is 0 Å². The highest BCUT2D eigenvalue weighted by Gasteiger charge is 2.36. The van der Waals surface area contributed by atoms with Gasteiger partial charge in [-0.3, -0.25) is 19.2 Å². The summed E-state index contributed by atoms with van der Waals surface area (Å²) in [5.41, 5.74) is 9.89. The average Bonchev–Trinajstić information content (AvgIpc) is 1.12. The zero-order valence-electron chi connectivity index (χ0n) is 55.9. The van der Waals surface area contributed by atoms with Crippen molar-refractivity contribution >= 4 is 74.8 Å². The van der Waals surface area contributed by atoms with E-state index in [1.165, 1.54) is 5.56 Å². The third-order valence-corrected chi connectivity index (χ3v) is 16.9. The van der Waals surface area contributed by atoms with Gasteiger partial charge >= 0.3 is 0 Å². The van der Waals surface area contributed by atoms with Gasteiger partial charge in [0.25, 0.3) is 0 Å². The lowest BCUT2D eigenvalue weighted by Gasteiger charge is -2.31. The van der Waals surface area contributed by atoms with E-state index in [0.717, 1.165) is 69.4 Å². The molecule has 93 heavy (non-hydrogen) atoms. The third kappa shape index (κ3) is 16.6. The van der Waals surface area contributed by atoms with E-state index in [-0.39, 0.29) is 23.6 Å². The Labute approximate surface area is 549 Å². The van der Waals surface area contributed by atoms with Crippen molar-refractivity contribution in [1.82, 2.24) is 0 Å². The number of nitrogens with one attached hydrogen (secondary N) is 4. The van der Waals surface area contributed by atoms with Crippen molar-refractivity contribution in [1.29, 1.82) is 0 Å². The lowest BCUT2D eigenvalue weighted by atomic mass is 9.79. The average molecular weight is 1240 g/mol. The fraction of sp³-hybridized carbons (Fsp3) is 0.325. The van der Waals surface area contributed by atoms with Gasteiger partial charge in [0.2, 0.25) is 23.6 Å². The summed E-state index contributed by atoms with van der Waals surface area (Å²) in [6.07, 6.45) is 30.5. The molecule has 4 N–H and O–H groups in total. The molecule has 13 nitrogen and oxygen atoms in total. The number of carbonyl (C=O) groups excluding carboxylic acids is 4. The summed E-state index contributed by atoms with van der Waals surface area (Å²) >= 11 is 0. The molecule has 0 fully saturated rings. The Morgan fingerprint density at radius 1 is 0.398 bits per heavy atom. The Kier molecular flexibility index (Phi) is 20.4. The molecule has 8 bridgehead atoms. The number of anilines is 4. The third-order valence-electron chi connectivity index (χ3n) is 16.9. The van der Waals surface area contributed by atoms with Crippen LogP contribution >= 0.6 is 0 Å². The SMILES string of the molecule is CC(C)(C)C(=O)Nc1ccccc1-c1cc(C2=C3C=CC(=N3)C=C3C=CC(=N3)C=C3C=CC(=N3)C=C3C=CC2=N3)c(NC(=O)C(C)(C)CCCCCCCCCCOCc2ccccc2)c(-c2ccccc2NC(=O)C(C)(C)C)c1-c1ccccc1NC(=O)C(C)(C)C. The number of rotatable bonds is 22. The van der Waals surface area contributed by atoms with Gasteiger partial charge in [-0.1, -0.05) is 206 Å². The van der Waals surface area contributed by atoms with Crippen LogP contribution in [0.5, 0.6) is 0 Å². The number of carbonyl (C=O) groups is 4. The summed E-state index contributed by atoms with van der Waals surface area (Å²) in [4.78, 5) is 80.0. The smallest absolute Gasteiger partial charge is 0.230 e. The maximum absolute atomic E-state index is 16.1. The Morgan fingerprint density at radius 2 is 0.839 bits per heavy atom. The van der Waals surface area contributed by atoms with Crippen molar-refractivity contribution in [3.8, 4) is 33.4 Å². The lowest BCUT2D eigenvalue weighted by Crippen LogP contribution is -2.31. The number of nitrogens with zero attached hydrogens (tertiary/aromatic N) is 4. The molecule has 5 heterocycles. The first kappa shape index (κ1) is 66.5. The fourth-order valence-electron chi connectivity index (χ4n) is 11.3. The van der Waals surface area contributed by atoms with Crippen molar-refractivity contribution in [2.45, 2.75) is 141 Å². The highest BCUT2D eigenvalue weighted by atomic mass is 16.5. The maximum atomic E-state index is 16.1. The van der Waals surface area contributed by atoms with E-state index in [2.05, 4.69) is 39.5 Å². The number of hydrogen-bond donors (Lipinski definition) is 4. The molecule has 0 spiro atoms. The van der Waals surface area contributed by atoms with Crippen LogP contribution in [0.15, 0.2) is 219 Å². The number of amides is 4. The summed E-state index contributed by atoms with van der Waals surface area (Å²) in [6, 6.07) is 35.3. The van der Waals surface area contributed by atoms with Crippen LogP contribution in [0.3, 0.4) is 0 Å². The van der Waals surface area contributed by atoms with Gasteiger partial charge in [-0.05, 0) is 115 Å². The number of allylic oxidation sites excluding steroid dienone is 12. The maximum Gasteiger partial charge on any atom is 0.230 e. The van der Waals surface area contributed by atoms with Crippen LogP contribution in [-0.2, 0) is 30.5 Å². The van der Waals surface area contributed by atoms with Gasteiger partial charge in [-0.15, -0.1) is 0 Å². The van der Waals surface area contributed by atoms with E-state index in [1.807, 2.05) is 234 Å². The van der Waals surface area contributed by atoms with Crippen molar-refractivity contribution in [3.63, 3.8) is 0 Å². The molecule has 0 radical (unpaired) electrons. The number of unbranched alkanes of at least 4 members (excludes halogenated alkanes) is 7. The molecule has 478 valence electrons. The number of fused-ring (bicyclic) bond motifs is 4. The molecule has 0 aromatic heterocycles.